The van der Waals surface area contributed by atoms with Gasteiger partial charge in [0.25, 0.3) is 0 Å². The highest BCUT2D eigenvalue weighted by atomic mass is 31.2. The highest BCUT2D eigenvalue weighted by molar-refractivity contribution is 7.47. The summed E-state index contributed by atoms with van der Waals surface area (Å²) >= 11 is 0. The van der Waals surface area contributed by atoms with Crippen molar-refractivity contribution in [1.82, 2.24) is 0 Å². The van der Waals surface area contributed by atoms with Crippen molar-refractivity contribution in [2.24, 2.45) is 5.73 Å². The maximum Gasteiger partial charge on any atom is 0.472 e. The largest absolute Gasteiger partial charge is 0.480 e. The predicted octanol–water partition coefficient (Wildman–Crippen LogP) is 13.7. The first-order valence-corrected chi connectivity index (χ1v) is 26.2. The van der Waals surface area contributed by atoms with Crippen molar-refractivity contribution in [1.29, 1.82) is 0 Å². The van der Waals surface area contributed by atoms with Gasteiger partial charge in [0.1, 0.15) is 12.6 Å². The van der Waals surface area contributed by atoms with E-state index >= 15 is 0 Å². The van der Waals surface area contributed by atoms with E-state index in [9.17, 15) is 23.8 Å². The molecule has 4 N–H and O–H groups in total. The molecule has 0 heterocycles. The molecule has 0 saturated heterocycles. The van der Waals surface area contributed by atoms with Crippen molar-refractivity contribution in [3.63, 3.8) is 0 Å². The number of phosphoric acid groups is 1. The molecule has 0 aliphatic carbocycles. The second-order valence-electron chi connectivity index (χ2n) is 16.6. The fourth-order valence-corrected chi connectivity index (χ4v) is 7.43. The van der Waals surface area contributed by atoms with E-state index in [-0.39, 0.29) is 19.4 Å². The smallest absolute Gasteiger partial charge is 0.472 e. The van der Waals surface area contributed by atoms with Gasteiger partial charge in [-0.2, -0.15) is 0 Å². The van der Waals surface area contributed by atoms with Crippen molar-refractivity contribution in [3.8, 4) is 0 Å². The molecule has 0 aromatic carbocycles. The van der Waals surface area contributed by atoms with Gasteiger partial charge in [0, 0.05) is 12.8 Å². The number of hydrogen-bond donors (Lipinski definition) is 3. The van der Waals surface area contributed by atoms with Crippen LogP contribution in [0.25, 0.3) is 0 Å². The van der Waals surface area contributed by atoms with Gasteiger partial charge in [-0.1, -0.05) is 178 Å². The third kappa shape index (κ3) is 44.1. The SMILES string of the molecule is CCCCC/C=C/C/C=C/C/C=C/CCCCCCC(=O)OC[C@H](COP(=O)(O)OC[C@H](N)C(=O)O)OC(=O)CCCCCCCCCCCCC/C=C/CCCCCCCC. The third-order valence-electron chi connectivity index (χ3n) is 10.5. The van der Waals surface area contributed by atoms with Crippen LogP contribution in [0, 0.1) is 0 Å². The van der Waals surface area contributed by atoms with Gasteiger partial charge >= 0.3 is 25.7 Å². The van der Waals surface area contributed by atoms with Crippen LogP contribution in [0.3, 0.4) is 0 Å². The van der Waals surface area contributed by atoms with Gasteiger partial charge in [0.05, 0.1) is 13.2 Å². The minimum absolute atomic E-state index is 0.155. The second kappa shape index (κ2) is 45.0. The molecule has 0 radical (unpaired) electrons. The number of aliphatic carboxylic acids is 1. The number of rotatable bonds is 46. The Morgan fingerprint density at radius 2 is 0.855 bits per heavy atom. The fourth-order valence-electron chi connectivity index (χ4n) is 6.66. The van der Waals surface area contributed by atoms with Crippen molar-refractivity contribution in [2.45, 2.75) is 231 Å². The van der Waals surface area contributed by atoms with Gasteiger partial charge in [0.15, 0.2) is 6.10 Å². The molecule has 1 unspecified atom stereocenters. The maximum atomic E-state index is 12.7. The maximum absolute atomic E-state index is 12.7. The highest BCUT2D eigenvalue weighted by Crippen LogP contribution is 2.43. The lowest BCUT2D eigenvalue weighted by molar-refractivity contribution is -0.161. The summed E-state index contributed by atoms with van der Waals surface area (Å²) in [5.74, 6) is -2.40. The Morgan fingerprint density at radius 3 is 1.32 bits per heavy atom. The van der Waals surface area contributed by atoms with Crippen molar-refractivity contribution < 1.29 is 47.5 Å². The molecular weight excluding hydrogens is 806 g/mol. The summed E-state index contributed by atoms with van der Waals surface area (Å²) in [6.45, 7) is 2.77. The molecule has 0 aliphatic rings. The molecule has 360 valence electrons. The van der Waals surface area contributed by atoms with Crippen molar-refractivity contribution in [2.75, 3.05) is 19.8 Å². The zero-order valence-electron chi connectivity index (χ0n) is 39.2. The van der Waals surface area contributed by atoms with Crippen LogP contribution in [0.4, 0.5) is 0 Å². The van der Waals surface area contributed by atoms with E-state index in [1.165, 1.54) is 116 Å². The van der Waals surface area contributed by atoms with Crippen LogP contribution in [0.2, 0.25) is 0 Å². The highest BCUT2D eigenvalue weighted by Gasteiger charge is 2.28. The van der Waals surface area contributed by atoms with E-state index in [0.29, 0.717) is 12.8 Å². The average Bonchev–Trinajstić information content (AvgIpc) is 3.25. The summed E-state index contributed by atoms with van der Waals surface area (Å²) in [5, 5.41) is 8.91. The van der Waals surface area contributed by atoms with Gasteiger partial charge in [-0.15, -0.1) is 0 Å². The number of carboxylic acid groups (broad SMARTS) is 1. The van der Waals surface area contributed by atoms with Crippen molar-refractivity contribution >= 4 is 25.7 Å². The molecule has 0 spiro atoms. The molecule has 0 aliphatic heterocycles. The first-order valence-electron chi connectivity index (χ1n) is 24.7. The number of carbonyl (C=O) groups is 3. The van der Waals surface area contributed by atoms with E-state index in [2.05, 4.69) is 67.0 Å². The number of allylic oxidation sites excluding steroid dienone is 8. The number of ether oxygens (including phenoxy) is 2. The Bertz CT molecular complexity index is 1240. The number of phosphoric ester groups is 1. The summed E-state index contributed by atoms with van der Waals surface area (Å²) in [4.78, 5) is 46.1. The molecule has 0 rings (SSSR count). The number of nitrogens with two attached hydrogens (primary N) is 1. The second-order valence-corrected chi connectivity index (χ2v) is 18.0. The minimum atomic E-state index is -4.73. The number of carboxylic acids is 1. The molecule has 0 bridgehead atoms. The van der Waals surface area contributed by atoms with Crippen LogP contribution >= 0.6 is 7.82 Å². The number of esters is 2. The van der Waals surface area contributed by atoms with Crippen LogP contribution in [0.5, 0.6) is 0 Å². The number of carbonyl (C=O) groups excluding carboxylic acids is 2. The monoisotopic (exact) mass is 896 g/mol. The molecule has 12 heteroatoms. The minimum Gasteiger partial charge on any atom is -0.480 e. The van der Waals surface area contributed by atoms with Crippen LogP contribution in [-0.4, -0.2) is 59.9 Å². The summed E-state index contributed by atoms with van der Waals surface area (Å²) in [6, 6.07) is -1.53. The summed E-state index contributed by atoms with van der Waals surface area (Å²) in [7, 11) is -4.73. The normalized spacial score (nSPS) is 14.0. The molecular formula is C50H90NO10P. The van der Waals surface area contributed by atoms with Gasteiger partial charge in [-0.05, 0) is 77.0 Å². The molecule has 0 aromatic heterocycles. The lowest BCUT2D eigenvalue weighted by atomic mass is 10.0. The lowest BCUT2D eigenvalue weighted by Gasteiger charge is -2.20. The van der Waals surface area contributed by atoms with Crippen molar-refractivity contribution in [3.05, 3.63) is 48.6 Å². The predicted molar refractivity (Wildman–Crippen MR) is 254 cm³/mol. The first-order chi connectivity index (χ1) is 30.1. The Morgan fingerprint density at radius 1 is 0.500 bits per heavy atom. The number of hydrogen-bond acceptors (Lipinski definition) is 9. The summed E-state index contributed by atoms with van der Waals surface area (Å²) in [5.41, 5.74) is 5.35. The van der Waals surface area contributed by atoms with Crippen LogP contribution in [0.15, 0.2) is 48.6 Å². The fraction of sp³-hybridized carbons (Fsp3) is 0.780. The quantitative estimate of drug-likeness (QED) is 0.0230. The van der Waals surface area contributed by atoms with Gasteiger partial charge in [0.2, 0.25) is 0 Å². The average molecular weight is 896 g/mol. The molecule has 3 atom stereocenters. The van der Waals surface area contributed by atoms with Gasteiger partial charge < -0.3 is 25.2 Å². The van der Waals surface area contributed by atoms with Crippen LogP contribution in [-0.2, 0) is 37.5 Å². The zero-order chi connectivity index (χ0) is 45.6. The molecule has 11 nitrogen and oxygen atoms in total. The molecule has 0 saturated carbocycles. The topological polar surface area (TPSA) is 172 Å². The van der Waals surface area contributed by atoms with Gasteiger partial charge in [-0.3, -0.25) is 23.4 Å². The molecule has 62 heavy (non-hydrogen) atoms. The molecule has 0 amide bonds. The van der Waals surface area contributed by atoms with E-state index < -0.39 is 51.1 Å². The summed E-state index contributed by atoms with van der Waals surface area (Å²) in [6.07, 6.45) is 51.7. The lowest BCUT2D eigenvalue weighted by Crippen LogP contribution is -2.34. The Kier molecular flexibility index (Phi) is 43.2. The first kappa shape index (κ1) is 59.4. The number of unbranched alkanes of at least 4 members (excludes halogenated alkanes) is 24. The molecule has 0 fully saturated rings. The van der Waals surface area contributed by atoms with E-state index in [1.807, 2.05) is 0 Å². The van der Waals surface area contributed by atoms with E-state index in [1.54, 1.807) is 0 Å². The molecule has 0 aromatic rings. The van der Waals surface area contributed by atoms with Crippen LogP contribution < -0.4 is 5.73 Å². The Hall–Kier alpha value is -2.56. The Labute approximate surface area is 377 Å². The van der Waals surface area contributed by atoms with Gasteiger partial charge in [-0.25, -0.2) is 4.57 Å². The van der Waals surface area contributed by atoms with E-state index in [0.717, 1.165) is 64.2 Å². The Balaban J connectivity index is 4.30. The summed E-state index contributed by atoms with van der Waals surface area (Å²) < 4.78 is 32.8. The zero-order valence-corrected chi connectivity index (χ0v) is 40.1. The standard InChI is InChI=1S/C50H90NO10P/c1-3-5-7-9-11-13-15-17-19-21-22-23-24-26-28-30-32-34-36-38-40-42-49(53)61-46(44-59-62(56,57)60-45-47(51)50(54)55)43-58-48(52)41-39-37-35-33-31-29-27-25-20-18-16-14-12-10-8-6-4-2/h12,14,17-20,27,29,46-47H,3-11,13,15-16,21-26,28,30-45,51H2,1-2H3,(H,54,55)(H,56,57)/b14-12+,19-17+,20-18+,29-27+/t46-,47+/m1/s1. The van der Waals surface area contributed by atoms with E-state index in [4.69, 9.17) is 24.8 Å². The van der Waals surface area contributed by atoms with Crippen LogP contribution in [0.1, 0.15) is 219 Å². The third-order valence-corrected chi connectivity index (χ3v) is 11.5.